The van der Waals surface area contributed by atoms with Gasteiger partial charge >= 0.3 is 0 Å². The zero-order valence-electron chi connectivity index (χ0n) is 15.0. The van der Waals surface area contributed by atoms with Crippen LogP contribution >= 0.6 is 11.6 Å². The fraction of sp³-hybridized carbons (Fsp3) is 0.529. The Hall–Kier alpha value is -1.68. The lowest BCUT2D eigenvalue weighted by Gasteiger charge is -2.26. The molecule has 1 saturated heterocycles. The van der Waals surface area contributed by atoms with Crippen LogP contribution in [0.15, 0.2) is 23.1 Å². The number of likely N-dealkylation sites (N-methyl/N-ethyl adjacent to an activating group) is 1. The molecule has 3 rings (SSSR count). The van der Waals surface area contributed by atoms with Gasteiger partial charge in [-0.25, -0.2) is 8.42 Å². The topological polar surface area (TPSA) is 96.0 Å². The van der Waals surface area contributed by atoms with Crippen molar-refractivity contribution in [3.63, 3.8) is 0 Å². The van der Waals surface area contributed by atoms with Crippen LogP contribution in [0.2, 0.25) is 5.02 Å². The number of nitrogens with one attached hydrogen (secondary N) is 1. The van der Waals surface area contributed by atoms with Crippen molar-refractivity contribution in [2.24, 2.45) is 5.92 Å². The normalized spacial score (nSPS) is 18.1. The lowest BCUT2D eigenvalue weighted by molar-refractivity contribution is -0.134. The minimum Gasteiger partial charge on any atom is -0.379 e. The summed E-state index contributed by atoms with van der Waals surface area (Å²) in [4.78, 5) is 25.5. The number of anilines is 1. The quantitative estimate of drug-likeness (QED) is 0.752. The molecule has 0 radical (unpaired) electrons. The summed E-state index contributed by atoms with van der Waals surface area (Å²) in [6, 6.07) is 4.30. The first-order valence-electron chi connectivity index (χ1n) is 8.71. The van der Waals surface area contributed by atoms with Gasteiger partial charge in [0.1, 0.15) is 4.90 Å². The maximum Gasteiger partial charge on any atom is 0.244 e. The van der Waals surface area contributed by atoms with Crippen LogP contribution in [0, 0.1) is 5.92 Å². The predicted octanol–water partition coefficient (Wildman–Crippen LogP) is 1.17. The van der Waals surface area contributed by atoms with Crippen LogP contribution in [0.25, 0.3) is 0 Å². The average molecular weight is 416 g/mol. The van der Waals surface area contributed by atoms with Gasteiger partial charge in [0.15, 0.2) is 0 Å². The third-order valence-corrected chi connectivity index (χ3v) is 6.87. The summed E-state index contributed by atoms with van der Waals surface area (Å²) in [5.74, 6) is -0.413. The van der Waals surface area contributed by atoms with Crippen LogP contribution in [0.1, 0.15) is 12.8 Å². The molecule has 0 unspecified atom stereocenters. The highest BCUT2D eigenvalue weighted by Gasteiger charge is 2.32. The van der Waals surface area contributed by atoms with Crippen molar-refractivity contribution >= 4 is 39.1 Å². The summed E-state index contributed by atoms with van der Waals surface area (Å²) in [5, 5.41) is 2.71. The van der Waals surface area contributed by atoms with E-state index in [0.717, 1.165) is 12.8 Å². The third kappa shape index (κ3) is 4.78. The zero-order chi connectivity index (χ0) is 19.6. The van der Waals surface area contributed by atoms with Crippen molar-refractivity contribution in [3.8, 4) is 0 Å². The molecular formula is C17H22ClN3O5S. The van der Waals surface area contributed by atoms with Crippen LogP contribution in [-0.4, -0.2) is 69.3 Å². The molecule has 0 aromatic heterocycles. The minimum atomic E-state index is -3.78. The van der Waals surface area contributed by atoms with Gasteiger partial charge in [0.2, 0.25) is 21.8 Å². The molecule has 1 aromatic rings. The maximum absolute atomic E-state index is 12.8. The summed E-state index contributed by atoms with van der Waals surface area (Å²) in [6.07, 6.45) is 1.73. The van der Waals surface area contributed by atoms with Gasteiger partial charge in [-0.1, -0.05) is 11.6 Å². The molecule has 2 amide bonds. The van der Waals surface area contributed by atoms with Crippen LogP contribution < -0.4 is 5.32 Å². The van der Waals surface area contributed by atoms with Crippen molar-refractivity contribution < 1.29 is 22.7 Å². The van der Waals surface area contributed by atoms with Gasteiger partial charge in [-0.2, -0.15) is 4.31 Å². The lowest BCUT2D eigenvalue weighted by Crippen LogP contribution is -2.40. The second kappa shape index (κ2) is 8.14. The van der Waals surface area contributed by atoms with Gasteiger partial charge in [-0.3, -0.25) is 9.59 Å². The number of ether oxygens (including phenoxy) is 1. The maximum atomic E-state index is 12.8. The molecule has 1 heterocycles. The molecule has 8 nitrogen and oxygen atoms in total. The third-order valence-electron chi connectivity index (χ3n) is 4.49. The number of sulfonamides is 1. The van der Waals surface area contributed by atoms with E-state index in [1.54, 1.807) is 7.05 Å². The van der Waals surface area contributed by atoms with E-state index in [4.69, 9.17) is 16.3 Å². The highest BCUT2D eigenvalue weighted by molar-refractivity contribution is 7.89. The van der Waals surface area contributed by atoms with E-state index in [0.29, 0.717) is 18.9 Å². The van der Waals surface area contributed by atoms with E-state index in [1.165, 1.54) is 27.4 Å². The number of rotatable bonds is 6. The Morgan fingerprint density at radius 1 is 1.30 bits per heavy atom. The summed E-state index contributed by atoms with van der Waals surface area (Å²) < 4.78 is 32.1. The molecule has 0 bridgehead atoms. The predicted molar refractivity (Wildman–Crippen MR) is 100 cm³/mol. The Balaban J connectivity index is 1.70. The Kier molecular flexibility index (Phi) is 6.05. The first kappa shape index (κ1) is 20.1. The Labute approximate surface area is 163 Å². The second-order valence-corrected chi connectivity index (χ2v) is 8.99. The first-order chi connectivity index (χ1) is 12.8. The molecule has 27 heavy (non-hydrogen) atoms. The van der Waals surface area contributed by atoms with Crippen LogP contribution in [0.5, 0.6) is 0 Å². The second-order valence-electron chi connectivity index (χ2n) is 6.68. The number of carbonyl (C=O) groups excluding carboxylic acids is 2. The molecule has 1 N–H and O–H groups in total. The summed E-state index contributed by atoms with van der Waals surface area (Å²) >= 11 is 6.10. The summed E-state index contributed by atoms with van der Waals surface area (Å²) in [7, 11) is -2.21. The van der Waals surface area contributed by atoms with Crippen LogP contribution in [-0.2, 0) is 24.3 Å². The molecule has 0 spiro atoms. The first-order valence-corrected chi connectivity index (χ1v) is 10.5. The molecule has 1 aromatic carbocycles. The lowest BCUT2D eigenvalue weighted by atomic mass is 10.3. The van der Waals surface area contributed by atoms with Crippen molar-refractivity contribution in [1.29, 1.82) is 0 Å². The van der Waals surface area contributed by atoms with E-state index in [2.05, 4.69) is 5.32 Å². The van der Waals surface area contributed by atoms with Gasteiger partial charge in [0, 0.05) is 31.7 Å². The van der Waals surface area contributed by atoms with E-state index in [9.17, 15) is 18.0 Å². The highest BCUT2D eigenvalue weighted by Crippen LogP contribution is 2.31. The molecular weight excluding hydrogens is 394 g/mol. The number of morpholine rings is 1. The SMILES string of the molecule is CN(CC(=O)Nc1ccc(Cl)c(S(=O)(=O)N2CCOCC2)c1)C(=O)C1CC1. The van der Waals surface area contributed by atoms with Gasteiger partial charge < -0.3 is 15.0 Å². The number of hydrogen-bond donors (Lipinski definition) is 1. The van der Waals surface area contributed by atoms with Gasteiger partial charge in [0.05, 0.1) is 24.8 Å². The van der Waals surface area contributed by atoms with E-state index < -0.39 is 15.9 Å². The number of halogens is 1. The Bertz CT molecular complexity index is 835. The smallest absolute Gasteiger partial charge is 0.244 e. The van der Waals surface area contributed by atoms with Crippen molar-refractivity contribution in [2.45, 2.75) is 17.7 Å². The van der Waals surface area contributed by atoms with Crippen molar-refractivity contribution in [2.75, 3.05) is 45.2 Å². The molecule has 2 fully saturated rings. The van der Waals surface area contributed by atoms with E-state index >= 15 is 0 Å². The largest absolute Gasteiger partial charge is 0.379 e. The van der Waals surface area contributed by atoms with Gasteiger partial charge in [-0.15, -0.1) is 0 Å². The number of hydrogen-bond acceptors (Lipinski definition) is 5. The van der Waals surface area contributed by atoms with E-state index in [1.807, 2.05) is 0 Å². The van der Waals surface area contributed by atoms with Gasteiger partial charge in [-0.05, 0) is 31.0 Å². The molecule has 0 atom stereocenters. The fourth-order valence-corrected chi connectivity index (χ4v) is 4.75. The Morgan fingerprint density at radius 3 is 2.59 bits per heavy atom. The number of nitrogens with zero attached hydrogens (tertiary/aromatic N) is 2. The number of carbonyl (C=O) groups is 2. The molecule has 1 aliphatic heterocycles. The highest BCUT2D eigenvalue weighted by atomic mass is 35.5. The van der Waals surface area contributed by atoms with Crippen molar-refractivity contribution in [1.82, 2.24) is 9.21 Å². The molecule has 1 aliphatic carbocycles. The molecule has 10 heteroatoms. The summed E-state index contributed by atoms with van der Waals surface area (Å²) in [6.45, 7) is 1.07. The fourth-order valence-electron chi connectivity index (χ4n) is 2.84. The summed E-state index contributed by atoms with van der Waals surface area (Å²) in [5.41, 5.74) is 0.309. The monoisotopic (exact) mass is 415 g/mol. The van der Waals surface area contributed by atoms with Crippen LogP contribution in [0.4, 0.5) is 5.69 Å². The van der Waals surface area contributed by atoms with Gasteiger partial charge in [0.25, 0.3) is 0 Å². The number of amides is 2. The Morgan fingerprint density at radius 2 is 1.96 bits per heavy atom. The van der Waals surface area contributed by atoms with Crippen molar-refractivity contribution in [3.05, 3.63) is 23.2 Å². The number of benzene rings is 1. The minimum absolute atomic E-state index is 0.0311. The molecule has 1 saturated carbocycles. The van der Waals surface area contributed by atoms with Crippen LogP contribution in [0.3, 0.4) is 0 Å². The van der Waals surface area contributed by atoms with E-state index in [-0.39, 0.29) is 41.4 Å². The molecule has 148 valence electrons. The molecule has 2 aliphatic rings. The standard InChI is InChI=1S/C17H22ClN3O5S/c1-20(17(23)12-2-3-12)11-16(22)19-13-4-5-14(18)15(10-13)27(24,25)21-6-8-26-9-7-21/h4-5,10,12H,2-3,6-9,11H2,1H3,(H,19,22). The zero-order valence-corrected chi connectivity index (χ0v) is 16.6. The average Bonchev–Trinajstić information content (AvgIpc) is 3.48.